The highest BCUT2D eigenvalue weighted by Crippen LogP contribution is 2.12. The average molecular weight is 283 g/mol. The largest absolute Gasteiger partial charge is 0.379 e. The molecule has 2 heterocycles. The minimum Gasteiger partial charge on any atom is -0.379 e. The molecule has 0 aliphatic carbocycles. The topological polar surface area (TPSA) is 60.1 Å². The molecule has 2 aliphatic rings. The molecule has 116 valence electrons. The SMILES string of the molecule is NC(=NCCCOC[C@@H]1CCCO1)N1CCCCCC1. The van der Waals surface area contributed by atoms with E-state index in [2.05, 4.69) is 9.89 Å². The van der Waals surface area contributed by atoms with Crippen LogP contribution in [0.3, 0.4) is 0 Å². The highest BCUT2D eigenvalue weighted by Gasteiger charge is 2.15. The zero-order valence-electron chi connectivity index (χ0n) is 12.6. The van der Waals surface area contributed by atoms with Crippen LogP contribution in [0.4, 0.5) is 0 Å². The number of likely N-dealkylation sites (tertiary alicyclic amines) is 1. The summed E-state index contributed by atoms with van der Waals surface area (Å²) in [6, 6.07) is 0. The minimum absolute atomic E-state index is 0.320. The first-order valence-electron chi connectivity index (χ1n) is 8.10. The van der Waals surface area contributed by atoms with Crippen LogP contribution in [0, 0.1) is 0 Å². The molecule has 2 saturated heterocycles. The van der Waals surface area contributed by atoms with E-state index in [9.17, 15) is 0 Å². The monoisotopic (exact) mass is 283 g/mol. The van der Waals surface area contributed by atoms with E-state index in [4.69, 9.17) is 15.2 Å². The minimum atomic E-state index is 0.320. The Morgan fingerprint density at radius 1 is 1.20 bits per heavy atom. The normalized spacial score (nSPS) is 24.9. The van der Waals surface area contributed by atoms with Crippen LogP contribution in [-0.4, -0.2) is 56.4 Å². The number of aliphatic imine (C=N–C) groups is 1. The molecule has 0 spiro atoms. The van der Waals surface area contributed by atoms with Gasteiger partial charge < -0.3 is 20.1 Å². The molecular formula is C15H29N3O2. The van der Waals surface area contributed by atoms with Crippen molar-refractivity contribution in [3.63, 3.8) is 0 Å². The Labute approximate surface area is 122 Å². The lowest BCUT2D eigenvalue weighted by atomic mass is 10.2. The molecule has 0 aromatic rings. The first-order chi connectivity index (χ1) is 9.86. The molecule has 5 heteroatoms. The molecular weight excluding hydrogens is 254 g/mol. The molecule has 2 aliphatic heterocycles. The first kappa shape index (κ1) is 15.6. The summed E-state index contributed by atoms with van der Waals surface area (Å²) in [6.45, 7) is 5.25. The molecule has 2 fully saturated rings. The standard InChI is InChI=1S/C15H29N3O2/c16-15(18-9-3-1-2-4-10-18)17-8-6-11-19-13-14-7-5-12-20-14/h14H,1-13H2,(H2,16,17)/t14-/m0/s1. The van der Waals surface area contributed by atoms with Crippen molar-refractivity contribution in [2.24, 2.45) is 10.7 Å². The van der Waals surface area contributed by atoms with Gasteiger partial charge in [0, 0.05) is 32.8 Å². The fraction of sp³-hybridized carbons (Fsp3) is 0.933. The summed E-state index contributed by atoms with van der Waals surface area (Å²) in [5.74, 6) is 0.714. The van der Waals surface area contributed by atoms with Crippen molar-refractivity contribution < 1.29 is 9.47 Å². The Bertz CT molecular complexity index is 283. The summed E-state index contributed by atoms with van der Waals surface area (Å²) in [5, 5.41) is 0. The van der Waals surface area contributed by atoms with Gasteiger partial charge in [-0.3, -0.25) is 4.99 Å². The summed E-state index contributed by atoms with van der Waals surface area (Å²) >= 11 is 0. The number of hydrogen-bond acceptors (Lipinski definition) is 3. The van der Waals surface area contributed by atoms with Crippen molar-refractivity contribution >= 4 is 5.96 Å². The lowest BCUT2D eigenvalue weighted by molar-refractivity contribution is 0.0170. The number of nitrogens with two attached hydrogens (primary N) is 1. The van der Waals surface area contributed by atoms with Gasteiger partial charge in [-0.15, -0.1) is 0 Å². The third-order valence-corrected chi connectivity index (χ3v) is 3.98. The van der Waals surface area contributed by atoms with Gasteiger partial charge in [0.15, 0.2) is 5.96 Å². The van der Waals surface area contributed by atoms with Crippen LogP contribution in [0.5, 0.6) is 0 Å². The van der Waals surface area contributed by atoms with E-state index in [1.807, 2.05) is 0 Å². The van der Waals surface area contributed by atoms with E-state index >= 15 is 0 Å². The third-order valence-electron chi connectivity index (χ3n) is 3.98. The Kier molecular flexibility index (Phi) is 7.15. The predicted octanol–water partition coefficient (Wildman–Crippen LogP) is 1.76. The van der Waals surface area contributed by atoms with E-state index in [1.54, 1.807) is 0 Å². The fourth-order valence-corrected chi connectivity index (χ4v) is 2.75. The average Bonchev–Trinajstić information content (AvgIpc) is 2.82. The highest BCUT2D eigenvalue weighted by atomic mass is 16.5. The molecule has 0 unspecified atom stereocenters. The molecule has 0 amide bonds. The molecule has 0 radical (unpaired) electrons. The van der Waals surface area contributed by atoms with Crippen LogP contribution in [0.2, 0.25) is 0 Å². The number of rotatable bonds is 6. The second-order valence-electron chi connectivity index (χ2n) is 5.70. The second-order valence-corrected chi connectivity index (χ2v) is 5.70. The van der Waals surface area contributed by atoms with Gasteiger partial charge in [-0.05, 0) is 32.1 Å². The van der Waals surface area contributed by atoms with E-state index in [0.717, 1.165) is 52.3 Å². The Balaban J connectivity index is 1.52. The van der Waals surface area contributed by atoms with Gasteiger partial charge in [0.2, 0.25) is 0 Å². The zero-order valence-corrected chi connectivity index (χ0v) is 12.6. The number of nitrogens with zero attached hydrogens (tertiary/aromatic N) is 2. The van der Waals surface area contributed by atoms with Crippen LogP contribution < -0.4 is 5.73 Å². The lowest BCUT2D eigenvalue weighted by Crippen LogP contribution is -2.38. The van der Waals surface area contributed by atoms with Crippen LogP contribution in [0.1, 0.15) is 44.9 Å². The van der Waals surface area contributed by atoms with Crippen molar-refractivity contribution in [3.05, 3.63) is 0 Å². The number of ether oxygens (including phenoxy) is 2. The first-order valence-corrected chi connectivity index (χ1v) is 8.10. The van der Waals surface area contributed by atoms with Gasteiger partial charge in [0.05, 0.1) is 12.7 Å². The van der Waals surface area contributed by atoms with Crippen LogP contribution in [-0.2, 0) is 9.47 Å². The summed E-state index contributed by atoms with van der Waals surface area (Å²) in [4.78, 5) is 6.69. The van der Waals surface area contributed by atoms with Crippen molar-refractivity contribution in [2.45, 2.75) is 51.0 Å². The highest BCUT2D eigenvalue weighted by molar-refractivity contribution is 5.78. The second kappa shape index (κ2) is 9.19. The van der Waals surface area contributed by atoms with E-state index in [-0.39, 0.29) is 0 Å². The van der Waals surface area contributed by atoms with Crippen LogP contribution in [0.15, 0.2) is 4.99 Å². The zero-order chi connectivity index (χ0) is 14.0. The van der Waals surface area contributed by atoms with Gasteiger partial charge in [0.1, 0.15) is 0 Å². The summed E-state index contributed by atoms with van der Waals surface area (Å²) < 4.78 is 11.1. The van der Waals surface area contributed by atoms with Gasteiger partial charge in [0.25, 0.3) is 0 Å². The maximum Gasteiger partial charge on any atom is 0.191 e. The van der Waals surface area contributed by atoms with Crippen LogP contribution >= 0.6 is 0 Å². The lowest BCUT2D eigenvalue weighted by Gasteiger charge is -2.21. The van der Waals surface area contributed by atoms with Gasteiger partial charge in [-0.2, -0.15) is 0 Å². The molecule has 2 rings (SSSR count). The maximum atomic E-state index is 6.05. The van der Waals surface area contributed by atoms with Gasteiger partial charge >= 0.3 is 0 Å². The maximum absolute atomic E-state index is 6.05. The summed E-state index contributed by atoms with van der Waals surface area (Å²) in [6.07, 6.45) is 8.68. The molecule has 0 bridgehead atoms. The van der Waals surface area contributed by atoms with Crippen molar-refractivity contribution in [2.75, 3.05) is 39.5 Å². The van der Waals surface area contributed by atoms with Crippen molar-refractivity contribution in [1.29, 1.82) is 0 Å². The van der Waals surface area contributed by atoms with Crippen molar-refractivity contribution in [1.82, 2.24) is 4.90 Å². The molecule has 2 N–H and O–H groups in total. The quantitative estimate of drug-likeness (QED) is 0.458. The van der Waals surface area contributed by atoms with Crippen LogP contribution in [0.25, 0.3) is 0 Å². The van der Waals surface area contributed by atoms with Crippen molar-refractivity contribution in [3.8, 4) is 0 Å². The van der Waals surface area contributed by atoms with Gasteiger partial charge in [-0.1, -0.05) is 12.8 Å². The number of guanidine groups is 1. The predicted molar refractivity (Wildman–Crippen MR) is 80.9 cm³/mol. The molecule has 5 nitrogen and oxygen atoms in total. The number of hydrogen-bond donors (Lipinski definition) is 1. The summed E-state index contributed by atoms with van der Waals surface area (Å²) in [7, 11) is 0. The van der Waals surface area contributed by atoms with E-state index in [0.29, 0.717) is 12.1 Å². The Morgan fingerprint density at radius 3 is 2.70 bits per heavy atom. The van der Waals surface area contributed by atoms with Gasteiger partial charge in [-0.25, -0.2) is 0 Å². The van der Waals surface area contributed by atoms with E-state index in [1.165, 1.54) is 32.1 Å². The molecule has 1 atom stereocenters. The Hall–Kier alpha value is -0.810. The molecule has 0 saturated carbocycles. The molecule has 20 heavy (non-hydrogen) atoms. The summed E-state index contributed by atoms with van der Waals surface area (Å²) in [5.41, 5.74) is 6.05. The Morgan fingerprint density at radius 2 is 2.00 bits per heavy atom. The molecule has 0 aromatic heterocycles. The molecule has 0 aromatic carbocycles. The van der Waals surface area contributed by atoms with E-state index < -0.39 is 0 Å². The fourth-order valence-electron chi connectivity index (χ4n) is 2.75. The third kappa shape index (κ3) is 5.67. The smallest absolute Gasteiger partial charge is 0.191 e.